The van der Waals surface area contributed by atoms with Crippen molar-refractivity contribution in [2.75, 3.05) is 0 Å². The van der Waals surface area contributed by atoms with Crippen LogP contribution < -0.4 is 0 Å². The molecule has 0 spiro atoms. The van der Waals surface area contributed by atoms with E-state index in [0.29, 0.717) is 5.56 Å². The van der Waals surface area contributed by atoms with Crippen molar-refractivity contribution in [3.8, 4) is 22.4 Å². The van der Waals surface area contributed by atoms with Gasteiger partial charge in [0.05, 0.1) is 5.69 Å². The number of fused-ring (bicyclic) bond motifs is 1. The van der Waals surface area contributed by atoms with Gasteiger partial charge in [-0.3, -0.25) is 4.98 Å². The van der Waals surface area contributed by atoms with E-state index in [4.69, 9.17) is 4.11 Å². The van der Waals surface area contributed by atoms with Crippen molar-refractivity contribution in [1.82, 2.24) is 14.4 Å². The maximum absolute atomic E-state index is 7.62. The van der Waals surface area contributed by atoms with Crippen LogP contribution in [0.4, 0.5) is 0 Å². The van der Waals surface area contributed by atoms with Crippen LogP contribution in [-0.2, 0) is 0 Å². The number of aromatic nitrogens is 3. The smallest absolute Gasteiger partial charge is 0.136 e. The normalized spacial score (nSPS) is 13.5. The zero-order valence-corrected chi connectivity index (χ0v) is 11.8. The molecule has 3 heteroatoms. The summed E-state index contributed by atoms with van der Waals surface area (Å²) >= 11 is 0. The summed E-state index contributed by atoms with van der Waals surface area (Å²) in [5.74, 6) is 0. The molecule has 4 rings (SSSR count). The van der Waals surface area contributed by atoms with E-state index in [-0.39, 0.29) is 0 Å². The van der Waals surface area contributed by atoms with Gasteiger partial charge in [-0.1, -0.05) is 29.8 Å². The van der Waals surface area contributed by atoms with Crippen LogP contribution in [-0.4, -0.2) is 14.4 Å². The Balaban J connectivity index is 1.87. The molecule has 3 heterocycles. The largest absolute Gasteiger partial charge is 0.306 e. The van der Waals surface area contributed by atoms with Crippen molar-refractivity contribution in [3.05, 3.63) is 78.9 Å². The molecule has 0 N–H and O–H groups in total. The Morgan fingerprint density at radius 2 is 1.95 bits per heavy atom. The van der Waals surface area contributed by atoms with E-state index in [1.54, 1.807) is 30.6 Å². The molecular formula is C19H15N3. The van der Waals surface area contributed by atoms with Crippen molar-refractivity contribution in [1.29, 1.82) is 0 Å². The number of aryl methyl sites for hydroxylation is 1. The molecule has 22 heavy (non-hydrogen) atoms. The molecule has 0 aliphatic carbocycles. The van der Waals surface area contributed by atoms with Crippen LogP contribution in [0.2, 0.25) is 0 Å². The van der Waals surface area contributed by atoms with Crippen molar-refractivity contribution in [3.63, 3.8) is 0 Å². The van der Waals surface area contributed by atoms with Crippen LogP contribution in [0, 0.1) is 6.85 Å². The zero-order chi connectivity index (χ0) is 17.4. The number of nitrogens with zero attached hydrogens (tertiary/aromatic N) is 3. The predicted molar refractivity (Wildman–Crippen MR) is 88.6 cm³/mol. The lowest BCUT2D eigenvalue weighted by molar-refractivity contribution is 1.19. The van der Waals surface area contributed by atoms with Crippen molar-refractivity contribution in [2.45, 2.75) is 6.85 Å². The van der Waals surface area contributed by atoms with Gasteiger partial charge in [0.15, 0.2) is 0 Å². The van der Waals surface area contributed by atoms with E-state index < -0.39 is 6.85 Å². The van der Waals surface area contributed by atoms with Gasteiger partial charge in [-0.15, -0.1) is 0 Å². The summed E-state index contributed by atoms with van der Waals surface area (Å²) in [7, 11) is 0. The van der Waals surface area contributed by atoms with Crippen LogP contribution in [0.15, 0.2) is 73.3 Å². The SMILES string of the molecule is [2H]C([2H])([2H])c1cccc(-c2ncccc2-c2ccc3nccn3c2)c1. The molecule has 106 valence electrons. The van der Waals surface area contributed by atoms with Gasteiger partial charge in [0.1, 0.15) is 5.65 Å². The lowest BCUT2D eigenvalue weighted by Crippen LogP contribution is -1.91. The Hall–Kier alpha value is -2.94. The molecule has 0 saturated heterocycles. The van der Waals surface area contributed by atoms with Gasteiger partial charge >= 0.3 is 0 Å². The van der Waals surface area contributed by atoms with Gasteiger partial charge < -0.3 is 4.40 Å². The van der Waals surface area contributed by atoms with Gasteiger partial charge in [0.25, 0.3) is 0 Å². The third-order valence-electron chi connectivity index (χ3n) is 3.64. The lowest BCUT2D eigenvalue weighted by atomic mass is 9.99. The second kappa shape index (κ2) is 5.11. The van der Waals surface area contributed by atoms with Gasteiger partial charge in [-0.2, -0.15) is 0 Å². The number of pyridine rings is 2. The van der Waals surface area contributed by atoms with Gasteiger partial charge in [-0.25, -0.2) is 4.98 Å². The minimum atomic E-state index is -2.14. The molecule has 0 bridgehead atoms. The predicted octanol–water partition coefficient (Wildman–Crippen LogP) is 4.37. The number of hydrogen-bond acceptors (Lipinski definition) is 2. The number of rotatable bonds is 2. The Morgan fingerprint density at radius 1 is 0.955 bits per heavy atom. The third kappa shape index (κ3) is 2.17. The van der Waals surface area contributed by atoms with Crippen LogP contribution in [0.3, 0.4) is 0 Å². The van der Waals surface area contributed by atoms with E-state index >= 15 is 0 Å². The van der Waals surface area contributed by atoms with E-state index in [9.17, 15) is 0 Å². The Morgan fingerprint density at radius 3 is 2.91 bits per heavy atom. The zero-order valence-electron chi connectivity index (χ0n) is 14.8. The highest BCUT2D eigenvalue weighted by Crippen LogP contribution is 2.30. The van der Waals surface area contributed by atoms with Crippen molar-refractivity contribution in [2.24, 2.45) is 0 Å². The van der Waals surface area contributed by atoms with Crippen LogP contribution in [0.5, 0.6) is 0 Å². The second-order valence-electron chi connectivity index (χ2n) is 5.09. The standard InChI is InChI=1S/C19H15N3/c1-14-4-2-5-15(12-14)19-17(6-3-9-21-19)16-7-8-18-20-10-11-22(18)13-16/h2-13H,1H3/i1D3. The molecule has 0 aliphatic rings. The molecule has 1 aromatic carbocycles. The summed E-state index contributed by atoms with van der Waals surface area (Å²) < 4.78 is 24.8. The molecule has 0 atom stereocenters. The van der Waals surface area contributed by atoms with E-state index in [0.717, 1.165) is 28.0 Å². The molecule has 0 fully saturated rings. The molecule has 0 radical (unpaired) electrons. The fourth-order valence-electron chi connectivity index (χ4n) is 2.61. The maximum atomic E-state index is 7.62. The molecule has 3 nitrogen and oxygen atoms in total. The average molecular weight is 288 g/mol. The highest BCUT2D eigenvalue weighted by atomic mass is 15.0. The highest BCUT2D eigenvalue weighted by molar-refractivity contribution is 5.80. The third-order valence-corrected chi connectivity index (χ3v) is 3.64. The molecule has 4 aromatic rings. The summed E-state index contributed by atoms with van der Waals surface area (Å²) in [5.41, 5.74) is 4.67. The average Bonchev–Trinajstić information content (AvgIpc) is 3.09. The molecule has 0 amide bonds. The topological polar surface area (TPSA) is 30.2 Å². The fraction of sp³-hybridized carbons (Fsp3) is 0.0526. The Labute approximate surface area is 133 Å². The van der Waals surface area contributed by atoms with Crippen LogP contribution in [0.25, 0.3) is 28.0 Å². The number of imidazole rings is 1. The van der Waals surface area contributed by atoms with Crippen LogP contribution >= 0.6 is 0 Å². The van der Waals surface area contributed by atoms with E-state index in [2.05, 4.69) is 9.97 Å². The molecule has 3 aromatic heterocycles. The molecular weight excluding hydrogens is 270 g/mol. The Kier molecular flexibility index (Phi) is 2.30. The number of benzene rings is 1. The first kappa shape index (κ1) is 9.90. The van der Waals surface area contributed by atoms with Gasteiger partial charge in [0.2, 0.25) is 0 Å². The minimum Gasteiger partial charge on any atom is -0.306 e. The molecule has 0 unspecified atom stereocenters. The maximum Gasteiger partial charge on any atom is 0.136 e. The minimum absolute atomic E-state index is 0.312. The first-order valence-electron chi connectivity index (χ1n) is 8.51. The van der Waals surface area contributed by atoms with E-state index in [1.165, 1.54) is 0 Å². The highest BCUT2D eigenvalue weighted by Gasteiger charge is 2.09. The summed E-state index contributed by atoms with van der Waals surface area (Å²) in [6.45, 7) is -2.14. The van der Waals surface area contributed by atoms with Gasteiger partial charge in [-0.05, 0) is 31.1 Å². The summed E-state index contributed by atoms with van der Waals surface area (Å²) in [5, 5.41) is 0. The fourth-order valence-corrected chi connectivity index (χ4v) is 2.61. The molecule has 0 aliphatic heterocycles. The van der Waals surface area contributed by atoms with Gasteiger partial charge in [0, 0.05) is 45.6 Å². The second-order valence-corrected chi connectivity index (χ2v) is 5.09. The van der Waals surface area contributed by atoms with E-state index in [1.807, 2.05) is 47.1 Å². The summed E-state index contributed by atoms with van der Waals surface area (Å²) in [6, 6.07) is 14.8. The summed E-state index contributed by atoms with van der Waals surface area (Å²) in [6.07, 6.45) is 7.36. The first-order valence-corrected chi connectivity index (χ1v) is 7.01. The van der Waals surface area contributed by atoms with Crippen molar-refractivity contribution >= 4 is 5.65 Å². The Bertz CT molecular complexity index is 1050. The molecule has 0 saturated carbocycles. The van der Waals surface area contributed by atoms with Crippen molar-refractivity contribution < 1.29 is 4.11 Å². The first-order chi connectivity index (χ1) is 12.0. The summed E-state index contributed by atoms with van der Waals surface area (Å²) in [4.78, 5) is 8.77. The monoisotopic (exact) mass is 288 g/mol. The lowest BCUT2D eigenvalue weighted by Gasteiger charge is -2.10. The quantitative estimate of drug-likeness (QED) is 0.548. The number of hydrogen-bond donors (Lipinski definition) is 0. The van der Waals surface area contributed by atoms with Crippen LogP contribution in [0.1, 0.15) is 9.68 Å².